The molecule has 3 atom stereocenters. The Labute approximate surface area is 214 Å². The number of hydrogen-bond acceptors (Lipinski definition) is 0. The molecule has 0 saturated heterocycles. The highest BCUT2D eigenvalue weighted by Crippen LogP contribution is 2.44. The highest BCUT2D eigenvalue weighted by atomic mass is 14.3. The molecule has 0 bridgehead atoms. The first kappa shape index (κ1) is 24.4. The first-order chi connectivity index (χ1) is 16.8. The average molecular weight is 465 g/mol. The predicted molar refractivity (Wildman–Crippen MR) is 153 cm³/mol. The van der Waals surface area contributed by atoms with E-state index < -0.39 is 0 Å². The third-order valence-electron chi connectivity index (χ3n) is 9.60. The van der Waals surface area contributed by atoms with Crippen molar-refractivity contribution in [2.24, 2.45) is 23.7 Å². The maximum absolute atomic E-state index is 4.36. The Balaban J connectivity index is 1.44. The smallest absolute Gasteiger partial charge is 0.00392 e. The number of fused-ring (bicyclic) bond motifs is 1. The van der Waals surface area contributed by atoms with Gasteiger partial charge in [-0.2, -0.15) is 0 Å². The summed E-state index contributed by atoms with van der Waals surface area (Å²) in [5.41, 5.74) is 14.7. The molecule has 2 aromatic carbocycles. The van der Waals surface area contributed by atoms with Crippen LogP contribution in [0.5, 0.6) is 0 Å². The van der Waals surface area contributed by atoms with E-state index in [-0.39, 0.29) is 0 Å². The second kappa shape index (κ2) is 9.96. The Morgan fingerprint density at radius 2 is 1.71 bits per heavy atom. The van der Waals surface area contributed by atoms with E-state index in [1.807, 2.05) is 0 Å². The van der Waals surface area contributed by atoms with Crippen LogP contribution >= 0.6 is 0 Å². The Morgan fingerprint density at radius 1 is 0.943 bits per heavy atom. The summed E-state index contributed by atoms with van der Waals surface area (Å²) < 4.78 is 0. The molecule has 2 saturated carbocycles. The van der Waals surface area contributed by atoms with Crippen LogP contribution in [0.25, 0.3) is 17.2 Å². The summed E-state index contributed by atoms with van der Waals surface area (Å²) in [4.78, 5) is 0. The van der Waals surface area contributed by atoms with Gasteiger partial charge in [0, 0.05) is 5.92 Å². The van der Waals surface area contributed by atoms with Crippen molar-refractivity contribution in [3.8, 4) is 11.1 Å². The van der Waals surface area contributed by atoms with E-state index in [9.17, 15) is 0 Å². The summed E-state index contributed by atoms with van der Waals surface area (Å²) in [5, 5.41) is 0. The zero-order chi connectivity index (χ0) is 24.7. The van der Waals surface area contributed by atoms with Crippen molar-refractivity contribution in [2.75, 3.05) is 0 Å². The molecule has 3 aliphatic carbocycles. The molecule has 0 amide bonds. The summed E-state index contributed by atoms with van der Waals surface area (Å²) in [7, 11) is 0. The molecule has 184 valence electrons. The normalized spacial score (nSPS) is 24.7. The van der Waals surface area contributed by atoms with Crippen LogP contribution in [0.2, 0.25) is 0 Å². The van der Waals surface area contributed by atoms with Crippen molar-refractivity contribution in [2.45, 2.75) is 85.5 Å². The second-order valence-corrected chi connectivity index (χ2v) is 12.1. The molecule has 0 heterocycles. The SMILES string of the molecule is C=C1CCC(=C)C1CC1=Cc2cccc(-c3cc(C)cc(C)c3C[C@@H]3CCC(CC)C[C@@H]3C)c2C1. The van der Waals surface area contributed by atoms with E-state index >= 15 is 0 Å². The van der Waals surface area contributed by atoms with Gasteiger partial charge in [0.05, 0.1) is 0 Å². The fourth-order valence-corrected chi connectivity index (χ4v) is 7.34. The zero-order valence-corrected chi connectivity index (χ0v) is 22.6. The quantitative estimate of drug-likeness (QED) is 0.373. The van der Waals surface area contributed by atoms with E-state index in [0.29, 0.717) is 5.92 Å². The fourth-order valence-electron chi connectivity index (χ4n) is 7.34. The summed E-state index contributed by atoms with van der Waals surface area (Å²) in [6.45, 7) is 18.2. The zero-order valence-electron chi connectivity index (χ0n) is 22.6. The molecule has 0 heteroatoms. The molecule has 1 unspecified atom stereocenters. The van der Waals surface area contributed by atoms with Gasteiger partial charge in [-0.1, -0.05) is 98.5 Å². The first-order valence-corrected chi connectivity index (χ1v) is 14.1. The second-order valence-electron chi connectivity index (χ2n) is 12.1. The van der Waals surface area contributed by atoms with Gasteiger partial charge < -0.3 is 0 Å². The number of rotatable bonds is 6. The summed E-state index contributed by atoms with van der Waals surface area (Å²) >= 11 is 0. The number of allylic oxidation sites excluding steroid dienone is 3. The van der Waals surface area contributed by atoms with Crippen LogP contribution in [0, 0.1) is 37.5 Å². The van der Waals surface area contributed by atoms with Crippen molar-refractivity contribution >= 4 is 6.08 Å². The minimum atomic E-state index is 0.482. The van der Waals surface area contributed by atoms with Crippen molar-refractivity contribution in [1.29, 1.82) is 0 Å². The molecule has 0 radical (unpaired) electrons. The maximum atomic E-state index is 4.36. The summed E-state index contributed by atoms with van der Waals surface area (Å²) in [6.07, 6.45) is 13.7. The molecular weight excluding hydrogens is 420 g/mol. The van der Waals surface area contributed by atoms with Crippen molar-refractivity contribution in [3.05, 3.63) is 88.0 Å². The first-order valence-electron chi connectivity index (χ1n) is 14.1. The monoisotopic (exact) mass is 464 g/mol. The Kier molecular flexibility index (Phi) is 6.93. The molecule has 0 nitrogen and oxygen atoms in total. The molecule has 2 aromatic rings. The highest BCUT2D eigenvalue weighted by molar-refractivity contribution is 5.80. The lowest BCUT2D eigenvalue weighted by Crippen LogP contribution is -2.24. The van der Waals surface area contributed by atoms with E-state index in [4.69, 9.17) is 0 Å². The Hall–Kier alpha value is -2.34. The van der Waals surface area contributed by atoms with Crippen LogP contribution in [-0.4, -0.2) is 0 Å². The van der Waals surface area contributed by atoms with Gasteiger partial charge in [-0.15, -0.1) is 0 Å². The standard InChI is InChI=1S/C35H44/c1-7-27-13-14-29(25(5)17-27)21-33-26(6)15-22(2)16-35(33)31-10-8-9-30-18-28(20-34(30)31)19-32-23(3)11-12-24(32)4/h8-10,15-16,18,25,27,29,32H,3-4,7,11-14,17,19-21H2,1-2,5-6H3/t25-,27?,29-/m0/s1. The van der Waals surface area contributed by atoms with Gasteiger partial charge in [-0.25, -0.2) is 0 Å². The van der Waals surface area contributed by atoms with Gasteiger partial charge >= 0.3 is 0 Å². The minimum Gasteiger partial charge on any atom is -0.0992 e. The van der Waals surface area contributed by atoms with Crippen LogP contribution in [0.4, 0.5) is 0 Å². The lowest BCUT2D eigenvalue weighted by Gasteiger charge is -2.35. The Bertz CT molecular complexity index is 1160. The lowest BCUT2D eigenvalue weighted by atomic mass is 9.71. The molecule has 5 rings (SSSR count). The maximum Gasteiger partial charge on any atom is 0.00392 e. The third kappa shape index (κ3) is 4.87. The lowest BCUT2D eigenvalue weighted by molar-refractivity contribution is 0.189. The van der Waals surface area contributed by atoms with E-state index in [2.05, 4.69) is 77.3 Å². The molecule has 3 aliphatic rings. The molecule has 0 aromatic heterocycles. The van der Waals surface area contributed by atoms with Crippen molar-refractivity contribution < 1.29 is 0 Å². The van der Waals surface area contributed by atoms with Gasteiger partial charge in [0.1, 0.15) is 0 Å². The summed E-state index contributed by atoms with van der Waals surface area (Å²) in [5.74, 6) is 3.05. The number of hydrogen-bond donors (Lipinski definition) is 0. The fraction of sp³-hybridized carbons (Fsp3) is 0.486. The van der Waals surface area contributed by atoms with Crippen LogP contribution in [0.3, 0.4) is 0 Å². The van der Waals surface area contributed by atoms with Crippen LogP contribution in [0.1, 0.15) is 86.6 Å². The highest BCUT2D eigenvalue weighted by Gasteiger charge is 2.29. The van der Waals surface area contributed by atoms with Crippen LogP contribution in [-0.2, 0) is 12.8 Å². The molecular formula is C35H44. The van der Waals surface area contributed by atoms with Gasteiger partial charge in [-0.3, -0.25) is 0 Å². The predicted octanol–water partition coefficient (Wildman–Crippen LogP) is 9.83. The van der Waals surface area contributed by atoms with Gasteiger partial charge in [0.25, 0.3) is 0 Å². The molecule has 35 heavy (non-hydrogen) atoms. The third-order valence-corrected chi connectivity index (χ3v) is 9.60. The summed E-state index contributed by atoms with van der Waals surface area (Å²) in [6, 6.07) is 11.9. The van der Waals surface area contributed by atoms with E-state index in [1.165, 1.54) is 76.6 Å². The minimum absolute atomic E-state index is 0.482. The molecule has 0 spiro atoms. The van der Waals surface area contributed by atoms with Crippen LogP contribution in [0.15, 0.2) is 60.2 Å². The van der Waals surface area contributed by atoms with E-state index in [1.54, 1.807) is 11.1 Å². The average Bonchev–Trinajstić information content (AvgIpc) is 3.39. The van der Waals surface area contributed by atoms with Gasteiger partial charge in [0.2, 0.25) is 0 Å². The number of benzene rings is 2. The van der Waals surface area contributed by atoms with Gasteiger partial charge in [-0.05, 0) is 110 Å². The number of aryl methyl sites for hydroxylation is 2. The largest absolute Gasteiger partial charge is 0.0992 e. The van der Waals surface area contributed by atoms with Crippen molar-refractivity contribution in [3.63, 3.8) is 0 Å². The van der Waals surface area contributed by atoms with Crippen LogP contribution < -0.4 is 0 Å². The molecule has 0 N–H and O–H groups in total. The van der Waals surface area contributed by atoms with E-state index in [0.717, 1.165) is 43.4 Å². The topological polar surface area (TPSA) is 0 Å². The molecule has 0 aliphatic heterocycles. The van der Waals surface area contributed by atoms with Gasteiger partial charge in [0.15, 0.2) is 0 Å². The van der Waals surface area contributed by atoms with Crippen molar-refractivity contribution in [1.82, 2.24) is 0 Å². The Morgan fingerprint density at radius 3 is 2.43 bits per heavy atom. The molecule has 2 fully saturated rings.